The van der Waals surface area contributed by atoms with E-state index in [2.05, 4.69) is 11.4 Å². The average Bonchev–Trinajstić information content (AvgIpc) is 2.87. The molecule has 0 aliphatic rings. The minimum absolute atomic E-state index is 0.235. The van der Waals surface area contributed by atoms with E-state index < -0.39 is 0 Å². The number of anilines is 1. The van der Waals surface area contributed by atoms with E-state index in [9.17, 15) is 9.59 Å². The van der Waals surface area contributed by atoms with Crippen LogP contribution in [-0.4, -0.2) is 30.6 Å². The maximum atomic E-state index is 13.7. The molecule has 36 heavy (non-hydrogen) atoms. The van der Waals surface area contributed by atoms with Gasteiger partial charge in [-0.3, -0.25) is 4.79 Å². The molecule has 0 aliphatic carbocycles. The van der Waals surface area contributed by atoms with Crippen LogP contribution in [0.1, 0.15) is 50.8 Å². The van der Waals surface area contributed by atoms with Gasteiger partial charge in [-0.15, -0.1) is 0 Å². The first kappa shape index (κ1) is 24.9. The smallest absolute Gasteiger partial charge is 0.338 e. The Bertz CT molecular complexity index is 1420. The van der Waals surface area contributed by atoms with Crippen LogP contribution in [0.25, 0.3) is 22.2 Å². The van der Waals surface area contributed by atoms with Gasteiger partial charge in [0.15, 0.2) is 0 Å². The number of hydrogen-bond donors (Lipinski definition) is 1. The second kappa shape index (κ2) is 10.6. The summed E-state index contributed by atoms with van der Waals surface area (Å²) in [5.41, 5.74) is 6.89. The van der Waals surface area contributed by atoms with Crippen molar-refractivity contribution in [1.29, 1.82) is 0 Å². The Kier molecular flexibility index (Phi) is 7.34. The fourth-order valence-electron chi connectivity index (χ4n) is 4.30. The van der Waals surface area contributed by atoms with Crippen molar-refractivity contribution in [2.24, 2.45) is 0 Å². The Labute approximate surface area is 211 Å². The summed E-state index contributed by atoms with van der Waals surface area (Å²) >= 11 is 0. The summed E-state index contributed by atoms with van der Waals surface area (Å²) < 4.78 is 10.5. The molecule has 4 aromatic rings. The van der Waals surface area contributed by atoms with Gasteiger partial charge in [-0.05, 0) is 92.9 Å². The van der Waals surface area contributed by atoms with E-state index in [1.807, 2.05) is 58.0 Å². The molecule has 6 nitrogen and oxygen atoms in total. The standard InChI is InChI=1S/C30H30N2O4/c1-6-15-36-30(34)22-7-11-23(12-8-22)31-29(33)26-20(4)28(21-9-13-24(35-5)14-10-21)32-27-19(3)16-18(2)17-25(26)27/h7-14,16-17H,6,15H2,1-5H3,(H,31,33). The molecule has 0 saturated heterocycles. The third-order valence-corrected chi connectivity index (χ3v) is 6.07. The summed E-state index contributed by atoms with van der Waals surface area (Å²) in [6.45, 7) is 8.26. The quantitative estimate of drug-likeness (QED) is 0.298. The molecule has 0 fully saturated rings. The molecule has 6 heteroatoms. The van der Waals surface area contributed by atoms with E-state index in [-0.39, 0.29) is 11.9 Å². The number of nitrogens with one attached hydrogen (secondary N) is 1. The molecule has 0 aliphatic heterocycles. The number of esters is 1. The lowest BCUT2D eigenvalue weighted by molar-refractivity contribution is 0.0505. The maximum absolute atomic E-state index is 13.7. The molecule has 184 valence electrons. The maximum Gasteiger partial charge on any atom is 0.338 e. The number of fused-ring (bicyclic) bond motifs is 1. The van der Waals surface area contributed by atoms with Crippen LogP contribution >= 0.6 is 0 Å². The minimum Gasteiger partial charge on any atom is -0.497 e. The number of pyridine rings is 1. The molecule has 1 N–H and O–H groups in total. The number of ether oxygens (including phenoxy) is 2. The molecule has 0 atom stereocenters. The molecule has 0 radical (unpaired) electrons. The first-order chi connectivity index (χ1) is 17.3. The highest BCUT2D eigenvalue weighted by Crippen LogP contribution is 2.33. The van der Waals surface area contributed by atoms with Crippen LogP contribution in [0.3, 0.4) is 0 Å². The summed E-state index contributed by atoms with van der Waals surface area (Å²) in [6, 6.07) is 18.5. The molecule has 0 bridgehead atoms. The van der Waals surface area contributed by atoms with Crippen molar-refractivity contribution in [3.8, 4) is 17.0 Å². The van der Waals surface area contributed by atoms with Crippen molar-refractivity contribution in [3.05, 3.63) is 88.5 Å². The minimum atomic E-state index is -0.374. The van der Waals surface area contributed by atoms with E-state index in [4.69, 9.17) is 14.5 Å². The number of rotatable bonds is 7. The highest BCUT2D eigenvalue weighted by molar-refractivity contribution is 6.15. The monoisotopic (exact) mass is 482 g/mol. The third-order valence-electron chi connectivity index (χ3n) is 6.07. The number of carbonyl (C=O) groups excluding carboxylic acids is 2. The van der Waals surface area contributed by atoms with Crippen LogP contribution in [0, 0.1) is 20.8 Å². The van der Waals surface area contributed by atoms with Crippen LogP contribution in [0.15, 0.2) is 60.7 Å². The van der Waals surface area contributed by atoms with Crippen molar-refractivity contribution in [3.63, 3.8) is 0 Å². The zero-order chi connectivity index (χ0) is 25.8. The normalized spacial score (nSPS) is 10.8. The van der Waals surface area contributed by atoms with Crippen molar-refractivity contribution >= 4 is 28.5 Å². The van der Waals surface area contributed by atoms with Crippen molar-refractivity contribution in [2.45, 2.75) is 34.1 Å². The summed E-state index contributed by atoms with van der Waals surface area (Å²) in [5.74, 6) is 0.144. The summed E-state index contributed by atoms with van der Waals surface area (Å²) in [6.07, 6.45) is 0.760. The van der Waals surface area contributed by atoms with Gasteiger partial charge in [-0.25, -0.2) is 9.78 Å². The van der Waals surface area contributed by atoms with Gasteiger partial charge in [0, 0.05) is 16.6 Å². The fraction of sp³-hybridized carbons (Fsp3) is 0.233. The van der Waals surface area contributed by atoms with Gasteiger partial charge in [-0.2, -0.15) is 0 Å². The Morgan fingerprint density at radius 2 is 1.64 bits per heavy atom. The topological polar surface area (TPSA) is 77.5 Å². The second-order valence-electron chi connectivity index (χ2n) is 8.83. The highest BCUT2D eigenvalue weighted by Gasteiger charge is 2.21. The zero-order valence-electron chi connectivity index (χ0n) is 21.3. The van der Waals surface area contributed by atoms with Gasteiger partial charge in [0.2, 0.25) is 0 Å². The van der Waals surface area contributed by atoms with Crippen LogP contribution in [0.5, 0.6) is 5.75 Å². The SMILES string of the molecule is CCCOC(=O)c1ccc(NC(=O)c2c(C)c(-c3ccc(OC)cc3)nc3c(C)cc(C)cc23)cc1. The highest BCUT2D eigenvalue weighted by atomic mass is 16.5. The predicted molar refractivity (Wildman–Crippen MR) is 143 cm³/mol. The van der Waals surface area contributed by atoms with Crippen LogP contribution in [0.4, 0.5) is 5.69 Å². The average molecular weight is 483 g/mol. The molecule has 1 amide bonds. The second-order valence-corrected chi connectivity index (χ2v) is 8.83. The van der Waals surface area contributed by atoms with E-state index in [1.165, 1.54) is 0 Å². The number of aryl methyl sites for hydroxylation is 2. The number of hydrogen-bond acceptors (Lipinski definition) is 5. The van der Waals surface area contributed by atoms with E-state index in [0.717, 1.165) is 51.0 Å². The number of methoxy groups -OCH3 is 1. The van der Waals surface area contributed by atoms with Gasteiger partial charge in [-0.1, -0.05) is 18.6 Å². The number of benzene rings is 3. The largest absolute Gasteiger partial charge is 0.497 e. The fourth-order valence-corrected chi connectivity index (χ4v) is 4.30. The van der Waals surface area contributed by atoms with Gasteiger partial charge >= 0.3 is 5.97 Å². The summed E-state index contributed by atoms with van der Waals surface area (Å²) in [4.78, 5) is 30.7. The molecule has 1 aromatic heterocycles. The number of aromatic nitrogens is 1. The van der Waals surface area contributed by atoms with E-state index in [1.54, 1.807) is 31.4 Å². The van der Waals surface area contributed by atoms with Crippen molar-refractivity contribution in [2.75, 3.05) is 19.0 Å². The van der Waals surface area contributed by atoms with Crippen LogP contribution in [-0.2, 0) is 4.74 Å². The summed E-state index contributed by atoms with van der Waals surface area (Å²) in [7, 11) is 1.63. The van der Waals surface area contributed by atoms with Gasteiger partial charge in [0.25, 0.3) is 5.91 Å². The molecule has 0 saturated carbocycles. The molecule has 1 heterocycles. The molecular formula is C30H30N2O4. The molecule has 3 aromatic carbocycles. The molecule has 4 rings (SSSR count). The zero-order valence-corrected chi connectivity index (χ0v) is 21.3. The summed E-state index contributed by atoms with van der Waals surface area (Å²) in [5, 5.41) is 3.80. The Hall–Kier alpha value is -4.19. The van der Waals surface area contributed by atoms with E-state index >= 15 is 0 Å². The molecular weight excluding hydrogens is 452 g/mol. The Balaban J connectivity index is 1.75. The Morgan fingerprint density at radius 1 is 0.944 bits per heavy atom. The molecule has 0 unspecified atom stereocenters. The lowest BCUT2D eigenvalue weighted by atomic mass is 9.94. The number of carbonyl (C=O) groups is 2. The van der Waals surface area contributed by atoms with Crippen LogP contribution < -0.4 is 10.1 Å². The van der Waals surface area contributed by atoms with Crippen LogP contribution in [0.2, 0.25) is 0 Å². The lowest BCUT2D eigenvalue weighted by Crippen LogP contribution is -2.16. The Morgan fingerprint density at radius 3 is 2.28 bits per heavy atom. The third kappa shape index (κ3) is 5.08. The number of amides is 1. The van der Waals surface area contributed by atoms with Gasteiger partial charge in [0.1, 0.15) is 5.75 Å². The van der Waals surface area contributed by atoms with Crippen molar-refractivity contribution < 1.29 is 19.1 Å². The lowest BCUT2D eigenvalue weighted by Gasteiger charge is -2.17. The predicted octanol–water partition coefficient (Wildman–Crippen LogP) is 6.65. The van der Waals surface area contributed by atoms with E-state index in [0.29, 0.717) is 23.4 Å². The first-order valence-corrected chi connectivity index (χ1v) is 12.0. The van der Waals surface area contributed by atoms with Crippen molar-refractivity contribution in [1.82, 2.24) is 4.98 Å². The van der Waals surface area contributed by atoms with Gasteiger partial charge in [0.05, 0.1) is 36.1 Å². The first-order valence-electron chi connectivity index (χ1n) is 12.0. The van der Waals surface area contributed by atoms with Gasteiger partial charge < -0.3 is 14.8 Å². The molecule has 0 spiro atoms. The number of nitrogens with zero attached hydrogens (tertiary/aromatic N) is 1.